The Kier molecular flexibility index (Phi) is 3.66. The van der Waals surface area contributed by atoms with Crippen molar-refractivity contribution in [2.24, 2.45) is 0 Å². The van der Waals surface area contributed by atoms with Crippen molar-refractivity contribution in [2.45, 2.75) is 6.54 Å². The summed E-state index contributed by atoms with van der Waals surface area (Å²) in [6, 6.07) is 5.27. The number of rotatable bonds is 4. The fourth-order valence-corrected chi connectivity index (χ4v) is 1.85. The van der Waals surface area contributed by atoms with Gasteiger partial charge in [-0.3, -0.25) is 4.79 Å². The first kappa shape index (κ1) is 11.5. The smallest absolute Gasteiger partial charge is 0.270 e. The first-order chi connectivity index (χ1) is 8.29. The van der Waals surface area contributed by atoms with Gasteiger partial charge in [-0.1, -0.05) is 6.07 Å². The summed E-state index contributed by atoms with van der Waals surface area (Å²) < 4.78 is 0. The summed E-state index contributed by atoms with van der Waals surface area (Å²) in [5.74, 6) is 0.474. The van der Waals surface area contributed by atoms with Crippen molar-refractivity contribution in [3.63, 3.8) is 0 Å². The van der Waals surface area contributed by atoms with Crippen LogP contribution in [0.25, 0.3) is 0 Å². The van der Waals surface area contributed by atoms with Crippen LogP contribution in [-0.4, -0.2) is 22.9 Å². The van der Waals surface area contributed by atoms with Gasteiger partial charge in [0.1, 0.15) is 11.5 Å². The predicted molar refractivity (Wildman–Crippen MR) is 67.1 cm³/mol. The van der Waals surface area contributed by atoms with Gasteiger partial charge in [0.25, 0.3) is 5.91 Å². The number of amides is 1. The van der Waals surface area contributed by atoms with Crippen molar-refractivity contribution in [1.29, 1.82) is 0 Å². The Bertz CT molecular complexity index is 498. The van der Waals surface area contributed by atoms with Crippen LogP contribution >= 0.6 is 11.3 Å². The summed E-state index contributed by atoms with van der Waals surface area (Å²) >= 11 is 1.51. The van der Waals surface area contributed by atoms with Gasteiger partial charge in [-0.05, 0) is 12.1 Å². The fraction of sp³-hybridized carbons (Fsp3) is 0.182. The minimum atomic E-state index is -0.199. The quantitative estimate of drug-likeness (QED) is 0.860. The molecule has 6 heteroatoms. The van der Waals surface area contributed by atoms with Crippen LogP contribution in [-0.2, 0) is 6.54 Å². The maximum atomic E-state index is 11.8. The van der Waals surface area contributed by atoms with Crippen molar-refractivity contribution in [2.75, 3.05) is 12.4 Å². The number of anilines is 1. The summed E-state index contributed by atoms with van der Waals surface area (Å²) in [7, 11) is 1.76. The first-order valence-corrected chi connectivity index (χ1v) is 6.04. The number of hydrogen-bond acceptors (Lipinski definition) is 5. The molecule has 0 fully saturated rings. The number of nitrogens with one attached hydrogen (secondary N) is 2. The van der Waals surface area contributed by atoms with Gasteiger partial charge < -0.3 is 10.6 Å². The van der Waals surface area contributed by atoms with Crippen LogP contribution in [0.1, 0.15) is 16.2 Å². The SMILES string of the molecule is CNc1cccc(C(=O)NCc2cscn2)n1. The lowest BCUT2D eigenvalue weighted by atomic mass is 10.3. The molecule has 0 aliphatic rings. The second-order valence-corrected chi connectivity index (χ2v) is 4.04. The number of carbonyl (C=O) groups is 1. The predicted octanol–water partition coefficient (Wildman–Crippen LogP) is 1.51. The fourth-order valence-electron chi connectivity index (χ4n) is 1.29. The van der Waals surface area contributed by atoms with E-state index in [9.17, 15) is 4.79 Å². The van der Waals surface area contributed by atoms with Crippen molar-refractivity contribution < 1.29 is 4.79 Å². The van der Waals surface area contributed by atoms with E-state index in [1.807, 2.05) is 5.38 Å². The van der Waals surface area contributed by atoms with E-state index in [-0.39, 0.29) is 5.91 Å². The van der Waals surface area contributed by atoms with Gasteiger partial charge in [0.2, 0.25) is 0 Å². The second kappa shape index (κ2) is 5.40. The van der Waals surface area contributed by atoms with E-state index in [1.54, 1.807) is 30.8 Å². The van der Waals surface area contributed by atoms with E-state index in [0.717, 1.165) is 5.69 Å². The van der Waals surface area contributed by atoms with Crippen LogP contribution in [0.2, 0.25) is 0 Å². The Hall–Kier alpha value is -1.95. The molecular formula is C11H12N4OS. The molecule has 0 aromatic carbocycles. The highest BCUT2D eigenvalue weighted by Gasteiger charge is 2.07. The van der Waals surface area contributed by atoms with Crippen LogP contribution in [0, 0.1) is 0 Å². The van der Waals surface area contributed by atoms with Gasteiger partial charge >= 0.3 is 0 Å². The van der Waals surface area contributed by atoms with Gasteiger partial charge in [-0.25, -0.2) is 9.97 Å². The first-order valence-electron chi connectivity index (χ1n) is 5.09. The lowest BCUT2D eigenvalue weighted by molar-refractivity contribution is 0.0945. The molecule has 5 nitrogen and oxygen atoms in total. The van der Waals surface area contributed by atoms with E-state index >= 15 is 0 Å². The molecule has 88 valence electrons. The minimum absolute atomic E-state index is 0.199. The number of aromatic nitrogens is 2. The zero-order valence-electron chi connectivity index (χ0n) is 9.30. The molecule has 17 heavy (non-hydrogen) atoms. The number of nitrogens with zero attached hydrogens (tertiary/aromatic N) is 2. The second-order valence-electron chi connectivity index (χ2n) is 3.32. The number of pyridine rings is 1. The van der Waals surface area contributed by atoms with Crippen molar-refractivity contribution in [3.05, 3.63) is 40.5 Å². The molecule has 2 N–H and O–H groups in total. The van der Waals surface area contributed by atoms with E-state index in [0.29, 0.717) is 18.1 Å². The normalized spacial score (nSPS) is 9.94. The number of hydrogen-bond donors (Lipinski definition) is 2. The lowest BCUT2D eigenvalue weighted by Gasteiger charge is -2.04. The monoisotopic (exact) mass is 248 g/mol. The summed E-state index contributed by atoms with van der Waals surface area (Å²) in [5, 5.41) is 7.56. The van der Waals surface area contributed by atoms with Gasteiger partial charge in [-0.2, -0.15) is 0 Å². The average molecular weight is 248 g/mol. The molecule has 2 aromatic rings. The zero-order chi connectivity index (χ0) is 12.1. The molecule has 0 unspecified atom stereocenters. The maximum absolute atomic E-state index is 11.8. The Labute approximate surface area is 103 Å². The topological polar surface area (TPSA) is 66.9 Å². The Morgan fingerprint density at radius 1 is 1.47 bits per heavy atom. The molecule has 0 saturated heterocycles. The molecule has 0 atom stereocenters. The summed E-state index contributed by atoms with van der Waals surface area (Å²) in [6.07, 6.45) is 0. The van der Waals surface area contributed by atoms with Crippen LogP contribution in [0.4, 0.5) is 5.82 Å². The molecule has 0 bridgehead atoms. The zero-order valence-corrected chi connectivity index (χ0v) is 10.1. The molecular weight excluding hydrogens is 236 g/mol. The van der Waals surface area contributed by atoms with Gasteiger partial charge in [-0.15, -0.1) is 11.3 Å². The molecule has 0 aliphatic carbocycles. The van der Waals surface area contributed by atoms with Crippen LogP contribution < -0.4 is 10.6 Å². The summed E-state index contributed by atoms with van der Waals surface area (Å²) in [6.45, 7) is 0.424. The summed E-state index contributed by atoms with van der Waals surface area (Å²) in [4.78, 5) is 20.0. The average Bonchev–Trinajstić information content (AvgIpc) is 2.89. The Morgan fingerprint density at radius 3 is 3.06 bits per heavy atom. The minimum Gasteiger partial charge on any atom is -0.373 e. The molecule has 2 aromatic heterocycles. The number of carbonyl (C=O) groups excluding carboxylic acids is 1. The third-order valence-corrected chi connectivity index (χ3v) is 2.79. The van der Waals surface area contributed by atoms with E-state index in [1.165, 1.54) is 11.3 Å². The van der Waals surface area contributed by atoms with E-state index < -0.39 is 0 Å². The largest absolute Gasteiger partial charge is 0.373 e. The highest BCUT2D eigenvalue weighted by atomic mass is 32.1. The van der Waals surface area contributed by atoms with Gasteiger partial charge in [0.05, 0.1) is 17.7 Å². The maximum Gasteiger partial charge on any atom is 0.270 e. The third-order valence-electron chi connectivity index (χ3n) is 2.15. The van der Waals surface area contributed by atoms with Crippen LogP contribution in [0.5, 0.6) is 0 Å². The van der Waals surface area contributed by atoms with E-state index in [2.05, 4.69) is 20.6 Å². The van der Waals surface area contributed by atoms with Crippen molar-refractivity contribution in [1.82, 2.24) is 15.3 Å². The van der Waals surface area contributed by atoms with E-state index in [4.69, 9.17) is 0 Å². The third kappa shape index (κ3) is 3.01. The Morgan fingerprint density at radius 2 is 2.35 bits per heavy atom. The van der Waals surface area contributed by atoms with Crippen LogP contribution in [0.15, 0.2) is 29.1 Å². The van der Waals surface area contributed by atoms with Gasteiger partial charge in [0, 0.05) is 12.4 Å². The number of thiazole rings is 1. The molecule has 0 radical (unpaired) electrons. The van der Waals surface area contributed by atoms with Gasteiger partial charge in [0.15, 0.2) is 0 Å². The molecule has 0 spiro atoms. The highest BCUT2D eigenvalue weighted by Crippen LogP contribution is 2.04. The molecule has 1 amide bonds. The van der Waals surface area contributed by atoms with Crippen molar-refractivity contribution >= 4 is 23.1 Å². The highest BCUT2D eigenvalue weighted by molar-refractivity contribution is 7.07. The van der Waals surface area contributed by atoms with Crippen LogP contribution in [0.3, 0.4) is 0 Å². The molecule has 0 saturated carbocycles. The standard InChI is InChI=1S/C11H12N4OS/c1-12-10-4-2-3-9(15-10)11(16)13-5-8-6-17-7-14-8/h2-4,6-7H,5H2,1H3,(H,12,15)(H,13,16). The molecule has 2 rings (SSSR count). The molecule has 2 heterocycles. The Balaban J connectivity index is 1.99. The lowest BCUT2D eigenvalue weighted by Crippen LogP contribution is -2.24. The van der Waals surface area contributed by atoms with Crippen molar-refractivity contribution in [3.8, 4) is 0 Å². The summed E-state index contributed by atoms with van der Waals surface area (Å²) in [5.41, 5.74) is 2.99. The molecule has 0 aliphatic heterocycles.